The third-order valence-corrected chi connectivity index (χ3v) is 5.56. The highest BCUT2D eigenvalue weighted by Crippen LogP contribution is 2.25. The van der Waals surface area contributed by atoms with Crippen LogP contribution in [0.5, 0.6) is 0 Å². The predicted octanol–water partition coefficient (Wildman–Crippen LogP) is 3.75. The summed E-state index contributed by atoms with van der Waals surface area (Å²) in [5, 5.41) is 16.0. The number of carbonyl (C=O) groups is 1. The smallest absolute Gasteiger partial charge is 0.251 e. The zero-order valence-corrected chi connectivity index (χ0v) is 15.4. The number of anilines is 1. The molecule has 25 heavy (non-hydrogen) atoms. The lowest BCUT2D eigenvalue weighted by Gasteiger charge is -2.03. The highest BCUT2D eigenvalue weighted by Gasteiger charge is 2.11. The predicted molar refractivity (Wildman–Crippen MR) is 101 cm³/mol. The van der Waals surface area contributed by atoms with Gasteiger partial charge in [-0.05, 0) is 29.5 Å². The van der Waals surface area contributed by atoms with Crippen LogP contribution in [0.3, 0.4) is 0 Å². The Labute approximate surface area is 158 Å². The van der Waals surface area contributed by atoms with Gasteiger partial charge in [-0.1, -0.05) is 29.8 Å². The summed E-state index contributed by atoms with van der Waals surface area (Å²) < 4.78 is 0.739. The highest BCUT2D eigenvalue weighted by atomic mass is 35.5. The first kappa shape index (κ1) is 17.7. The van der Waals surface area contributed by atoms with Crippen LogP contribution in [0.4, 0.5) is 5.13 Å². The summed E-state index contributed by atoms with van der Waals surface area (Å²) in [6.07, 6.45) is 3.81. The van der Waals surface area contributed by atoms with Crippen LogP contribution in [0.1, 0.15) is 10.4 Å². The molecule has 2 heterocycles. The van der Waals surface area contributed by atoms with Gasteiger partial charge in [-0.3, -0.25) is 4.79 Å². The Balaban J connectivity index is 1.55. The number of thiazole rings is 1. The first-order valence-electron chi connectivity index (χ1n) is 7.41. The van der Waals surface area contributed by atoms with Gasteiger partial charge in [-0.15, -0.1) is 11.3 Å². The van der Waals surface area contributed by atoms with Crippen molar-refractivity contribution in [3.8, 4) is 0 Å². The second kappa shape index (κ2) is 8.33. The number of nitrogens with one attached hydrogen (secondary N) is 1. The van der Waals surface area contributed by atoms with Crippen LogP contribution in [0.2, 0.25) is 5.02 Å². The van der Waals surface area contributed by atoms with Crippen LogP contribution >= 0.6 is 34.7 Å². The van der Waals surface area contributed by atoms with Crippen molar-refractivity contribution in [3.63, 3.8) is 0 Å². The average Bonchev–Trinajstić information content (AvgIpc) is 3.03. The Morgan fingerprint density at radius 1 is 1.28 bits per heavy atom. The number of rotatable bonds is 6. The number of halogens is 1. The lowest BCUT2D eigenvalue weighted by molar-refractivity contribution is -0.645. The summed E-state index contributed by atoms with van der Waals surface area (Å²) in [6, 6.07) is 12.7. The van der Waals surface area contributed by atoms with E-state index in [0.717, 1.165) is 15.2 Å². The molecule has 128 valence electrons. The van der Waals surface area contributed by atoms with E-state index in [1.165, 1.54) is 29.3 Å². The molecule has 3 rings (SSSR count). The number of aromatic nitrogens is 2. The SMILES string of the molecule is O=C(CSc1cccc[n+]1[O-])Nc1ncc(Cc2ccccc2Cl)s1. The van der Waals surface area contributed by atoms with Crippen molar-refractivity contribution >= 4 is 45.7 Å². The second-order valence-corrected chi connectivity index (χ2v) is 7.62. The third-order valence-electron chi connectivity index (χ3n) is 3.26. The number of amides is 1. The molecule has 2 aromatic heterocycles. The Bertz CT molecular complexity index is 886. The van der Waals surface area contributed by atoms with E-state index in [2.05, 4.69) is 10.3 Å². The van der Waals surface area contributed by atoms with Crippen LogP contribution < -0.4 is 10.0 Å². The molecule has 0 radical (unpaired) electrons. The molecule has 0 aliphatic heterocycles. The van der Waals surface area contributed by atoms with Crippen LogP contribution in [0, 0.1) is 5.21 Å². The summed E-state index contributed by atoms with van der Waals surface area (Å²) in [5.74, 6) is -0.0569. The van der Waals surface area contributed by atoms with Gasteiger partial charge in [-0.2, -0.15) is 4.73 Å². The maximum atomic E-state index is 12.0. The molecule has 3 aromatic rings. The third kappa shape index (κ3) is 4.94. The standard InChI is InChI=1S/C17H14ClN3O2S2/c18-14-6-2-1-5-12(14)9-13-10-19-17(25-13)20-15(22)11-24-16-7-3-4-8-21(16)23/h1-8,10H,9,11H2,(H,19,20,22). The molecule has 1 amide bonds. The van der Waals surface area contributed by atoms with Crippen molar-refractivity contribution in [2.45, 2.75) is 11.4 Å². The van der Waals surface area contributed by atoms with Crippen molar-refractivity contribution < 1.29 is 9.52 Å². The fraction of sp³-hybridized carbons (Fsp3) is 0.118. The molecule has 0 atom stereocenters. The molecule has 1 aromatic carbocycles. The van der Waals surface area contributed by atoms with Gasteiger partial charge in [0.1, 0.15) is 0 Å². The van der Waals surface area contributed by atoms with Crippen LogP contribution in [0.25, 0.3) is 0 Å². The number of benzene rings is 1. The van der Waals surface area contributed by atoms with Crippen LogP contribution in [-0.4, -0.2) is 16.6 Å². The van der Waals surface area contributed by atoms with E-state index in [-0.39, 0.29) is 11.7 Å². The average molecular weight is 392 g/mol. The van der Waals surface area contributed by atoms with Gasteiger partial charge in [0.25, 0.3) is 5.03 Å². The van der Waals surface area contributed by atoms with Crippen molar-refractivity contribution in [3.05, 3.63) is 75.5 Å². The van der Waals surface area contributed by atoms with E-state index in [9.17, 15) is 10.0 Å². The van der Waals surface area contributed by atoms with Gasteiger partial charge in [0.15, 0.2) is 11.3 Å². The van der Waals surface area contributed by atoms with E-state index in [0.29, 0.717) is 21.6 Å². The van der Waals surface area contributed by atoms with E-state index in [1.807, 2.05) is 24.3 Å². The summed E-state index contributed by atoms with van der Waals surface area (Å²) in [5.41, 5.74) is 1.02. The summed E-state index contributed by atoms with van der Waals surface area (Å²) in [6.45, 7) is 0. The van der Waals surface area contributed by atoms with Crippen LogP contribution in [-0.2, 0) is 11.2 Å². The lowest BCUT2D eigenvalue weighted by Crippen LogP contribution is -2.28. The first-order chi connectivity index (χ1) is 12.1. The molecule has 8 heteroatoms. The molecule has 0 fully saturated rings. The van der Waals surface area contributed by atoms with Gasteiger partial charge in [-0.25, -0.2) is 4.98 Å². The number of carbonyl (C=O) groups excluding carboxylic acids is 1. The van der Waals surface area contributed by atoms with Gasteiger partial charge in [0.05, 0.1) is 5.75 Å². The molecule has 0 spiro atoms. The summed E-state index contributed by atoms with van der Waals surface area (Å²) in [7, 11) is 0. The Hall–Kier alpha value is -2.09. The normalized spacial score (nSPS) is 10.6. The summed E-state index contributed by atoms with van der Waals surface area (Å²) in [4.78, 5) is 17.3. The first-order valence-corrected chi connectivity index (χ1v) is 9.59. The Kier molecular flexibility index (Phi) is 5.91. The second-order valence-electron chi connectivity index (χ2n) is 5.10. The van der Waals surface area contributed by atoms with Gasteiger partial charge < -0.3 is 10.5 Å². The number of pyridine rings is 1. The van der Waals surface area contributed by atoms with E-state index in [1.54, 1.807) is 24.4 Å². The van der Waals surface area contributed by atoms with Gasteiger partial charge in [0, 0.05) is 34.7 Å². The largest absolute Gasteiger partial charge is 0.618 e. The molecule has 0 saturated heterocycles. The fourth-order valence-corrected chi connectivity index (χ4v) is 3.86. The topological polar surface area (TPSA) is 68.9 Å². The molecule has 0 unspecified atom stereocenters. The zero-order chi connectivity index (χ0) is 17.6. The van der Waals surface area contributed by atoms with Crippen molar-refractivity contribution in [2.75, 3.05) is 11.1 Å². The van der Waals surface area contributed by atoms with E-state index >= 15 is 0 Å². The van der Waals surface area contributed by atoms with Crippen molar-refractivity contribution in [1.82, 2.24) is 4.98 Å². The molecule has 1 N–H and O–H groups in total. The quantitative estimate of drug-likeness (QED) is 0.394. The highest BCUT2D eigenvalue weighted by molar-refractivity contribution is 7.99. The Morgan fingerprint density at radius 2 is 2.08 bits per heavy atom. The zero-order valence-electron chi connectivity index (χ0n) is 13.0. The molecular weight excluding hydrogens is 378 g/mol. The monoisotopic (exact) mass is 391 g/mol. The number of thioether (sulfide) groups is 1. The maximum Gasteiger partial charge on any atom is 0.251 e. The minimum Gasteiger partial charge on any atom is -0.618 e. The fourth-order valence-electron chi connectivity index (χ4n) is 2.10. The van der Waals surface area contributed by atoms with Crippen molar-refractivity contribution in [1.29, 1.82) is 0 Å². The number of hydrogen-bond donors (Lipinski definition) is 1. The van der Waals surface area contributed by atoms with E-state index in [4.69, 9.17) is 11.6 Å². The molecule has 0 aliphatic carbocycles. The number of nitrogens with zero attached hydrogens (tertiary/aromatic N) is 2. The maximum absolute atomic E-state index is 12.0. The molecule has 0 bridgehead atoms. The van der Waals surface area contributed by atoms with Crippen LogP contribution in [0.15, 0.2) is 59.9 Å². The van der Waals surface area contributed by atoms with Crippen molar-refractivity contribution in [2.24, 2.45) is 0 Å². The van der Waals surface area contributed by atoms with E-state index < -0.39 is 0 Å². The number of hydrogen-bond acceptors (Lipinski definition) is 5. The molecular formula is C17H14ClN3O2S2. The van der Waals surface area contributed by atoms with Gasteiger partial charge >= 0.3 is 0 Å². The minimum absolute atomic E-state index is 0.145. The molecule has 5 nitrogen and oxygen atoms in total. The van der Waals surface area contributed by atoms with Gasteiger partial charge in [0.2, 0.25) is 5.91 Å². The molecule has 0 aliphatic rings. The minimum atomic E-state index is -0.201. The lowest BCUT2D eigenvalue weighted by atomic mass is 10.1. The Morgan fingerprint density at radius 3 is 2.88 bits per heavy atom. The summed E-state index contributed by atoms with van der Waals surface area (Å²) >= 11 is 8.76. The molecule has 0 saturated carbocycles.